The summed E-state index contributed by atoms with van der Waals surface area (Å²) >= 11 is 0. The first kappa shape index (κ1) is 29.3. The number of rotatable bonds is 5. The van der Waals surface area contributed by atoms with E-state index in [9.17, 15) is 0 Å². The van der Waals surface area contributed by atoms with Crippen LogP contribution in [0, 0.1) is 23.7 Å². The van der Waals surface area contributed by atoms with Gasteiger partial charge < -0.3 is 4.90 Å². The summed E-state index contributed by atoms with van der Waals surface area (Å²) in [6.45, 7) is 0. The summed E-state index contributed by atoms with van der Waals surface area (Å²) in [5, 5.41) is 2.55. The van der Waals surface area contributed by atoms with Crippen LogP contribution in [0.1, 0.15) is 43.2 Å². The van der Waals surface area contributed by atoms with Crippen molar-refractivity contribution in [3.05, 3.63) is 175 Å². The van der Waals surface area contributed by atoms with E-state index in [1.807, 2.05) is 0 Å². The molecule has 7 aromatic carbocycles. The molecule has 4 saturated carbocycles. The lowest BCUT2D eigenvalue weighted by molar-refractivity contribution is -0.0399. The van der Waals surface area contributed by atoms with Crippen molar-refractivity contribution in [2.75, 3.05) is 4.90 Å². The van der Waals surface area contributed by atoms with Gasteiger partial charge in [0.1, 0.15) is 0 Å². The molecule has 0 N–H and O–H groups in total. The summed E-state index contributed by atoms with van der Waals surface area (Å²) in [6.07, 6.45) is 7.12. The van der Waals surface area contributed by atoms with Gasteiger partial charge in [0.25, 0.3) is 0 Å². The first-order valence-corrected chi connectivity index (χ1v) is 19.0. The van der Waals surface area contributed by atoms with Crippen molar-refractivity contribution in [2.45, 2.75) is 37.5 Å². The van der Waals surface area contributed by atoms with Gasteiger partial charge in [0, 0.05) is 22.5 Å². The molecule has 0 atom stereocenters. The number of hydrogen-bond donors (Lipinski definition) is 0. The lowest BCUT2D eigenvalue weighted by Gasteiger charge is -2.61. The van der Waals surface area contributed by atoms with Crippen molar-refractivity contribution >= 4 is 27.8 Å². The van der Waals surface area contributed by atoms with Gasteiger partial charge in [-0.3, -0.25) is 0 Å². The summed E-state index contributed by atoms with van der Waals surface area (Å²) in [6, 6.07) is 61.4. The average molecular weight is 656 g/mol. The molecule has 0 radical (unpaired) electrons. The summed E-state index contributed by atoms with van der Waals surface area (Å²) in [7, 11) is 0. The van der Waals surface area contributed by atoms with Crippen LogP contribution in [0.5, 0.6) is 0 Å². The lowest BCUT2D eigenvalue weighted by atomic mass is 9.43. The van der Waals surface area contributed by atoms with Crippen molar-refractivity contribution < 1.29 is 0 Å². The molecule has 5 aliphatic rings. The predicted octanol–water partition coefficient (Wildman–Crippen LogP) is 13.4. The third-order valence-corrected chi connectivity index (χ3v) is 13.2. The highest BCUT2D eigenvalue weighted by molar-refractivity contribution is 5.90. The van der Waals surface area contributed by atoms with Crippen molar-refractivity contribution in [1.82, 2.24) is 0 Å². The van der Waals surface area contributed by atoms with Gasteiger partial charge in [-0.05, 0) is 154 Å². The van der Waals surface area contributed by atoms with Crippen LogP contribution in [0.2, 0.25) is 0 Å². The van der Waals surface area contributed by atoms with Gasteiger partial charge in [-0.2, -0.15) is 0 Å². The molecule has 0 saturated heterocycles. The SMILES string of the molecule is c1ccc(-c2ccc(N(c3ccc(-c4ccc5ccccc5c4)cc3)c3ccc4c(c3)-c3ccccc3C43C4CC5CC(C4)CC3C5)cc2)cc1. The van der Waals surface area contributed by atoms with E-state index in [2.05, 4.69) is 169 Å². The Hall–Kier alpha value is -5.40. The van der Waals surface area contributed by atoms with Crippen LogP contribution < -0.4 is 4.90 Å². The van der Waals surface area contributed by atoms with E-state index in [1.54, 1.807) is 11.1 Å². The Morgan fingerprint density at radius 1 is 0.373 bits per heavy atom. The van der Waals surface area contributed by atoms with Crippen LogP contribution in [0.3, 0.4) is 0 Å². The molecule has 4 fully saturated rings. The third kappa shape index (κ3) is 4.47. The first-order valence-electron chi connectivity index (χ1n) is 19.0. The molecule has 7 aromatic rings. The molecule has 5 aliphatic carbocycles. The van der Waals surface area contributed by atoms with Crippen LogP contribution in [-0.2, 0) is 5.41 Å². The van der Waals surface area contributed by atoms with Gasteiger partial charge in [-0.25, -0.2) is 0 Å². The van der Waals surface area contributed by atoms with Gasteiger partial charge in [-0.1, -0.05) is 121 Å². The van der Waals surface area contributed by atoms with E-state index in [0.717, 1.165) is 23.7 Å². The molecule has 12 rings (SSSR count). The highest BCUT2D eigenvalue weighted by atomic mass is 15.1. The Labute approximate surface area is 301 Å². The van der Waals surface area contributed by atoms with Crippen molar-refractivity contribution in [1.29, 1.82) is 0 Å². The Morgan fingerprint density at radius 3 is 1.61 bits per heavy atom. The normalized spacial score (nSPS) is 23.8. The Balaban J connectivity index is 1.04. The van der Waals surface area contributed by atoms with Crippen LogP contribution in [0.25, 0.3) is 44.2 Å². The zero-order valence-electron chi connectivity index (χ0n) is 28.9. The van der Waals surface area contributed by atoms with Crippen LogP contribution in [0.15, 0.2) is 164 Å². The Bertz CT molecular complexity index is 2390. The smallest absolute Gasteiger partial charge is 0.0468 e. The number of nitrogens with zero attached hydrogens (tertiary/aromatic N) is 1. The predicted molar refractivity (Wildman–Crippen MR) is 213 cm³/mol. The summed E-state index contributed by atoms with van der Waals surface area (Å²) in [5.74, 6) is 3.43. The van der Waals surface area contributed by atoms with E-state index in [4.69, 9.17) is 0 Å². The maximum Gasteiger partial charge on any atom is 0.0468 e. The average Bonchev–Trinajstić information content (AvgIpc) is 3.48. The topological polar surface area (TPSA) is 3.24 Å². The Morgan fingerprint density at radius 2 is 0.902 bits per heavy atom. The highest BCUT2D eigenvalue weighted by Crippen LogP contribution is 2.69. The van der Waals surface area contributed by atoms with Crippen molar-refractivity contribution in [3.8, 4) is 33.4 Å². The van der Waals surface area contributed by atoms with Gasteiger partial charge in [0.2, 0.25) is 0 Å². The van der Waals surface area contributed by atoms with E-state index in [0.29, 0.717) is 0 Å². The van der Waals surface area contributed by atoms with Crippen molar-refractivity contribution in [2.24, 2.45) is 23.7 Å². The molecule has 1 nitrogen and oxygen atoms in total. The van der Waals surface area contributed by atoms with Gasteiger partial charge in [0.15, 0.2) is 0 Å². The molecule has 1 heteroatoms. The summed E-state index contributed by atoms with van der Waals surface area (Å²) < 4.78 is 0. The van der Waals surface area contributed by atoms with Gasteiger partial charge in [0.05, 0.1) is 0 Å². The quantitative estimate of drug-likeness (QED) is 0.178. The lowest BCUT2D eigenvalue weighted by Crippen LogP contribution is -2.55. The first-order chi connectivity index (χ1) is 25.2. The van der Waals surface area contributed by atoms with Crippen molar-refractivity contribution in [3.63, 3.8) is 0 Å². The molecular weight excluding hydrogens is 615 g/mol. The van der Waals surface area contributed by atoms with Crippen LogP contribution in [-0.4, -0.2) is 0 Å². The number of hydrogen-bond acceptors (Lipinski definition) is 1. The molecule has 1 spiro atoms. The molecular formula is C50H41N. The number of anilines is 3. The minimum absolute atomic E-state index is 0.182. The van der Waals surface area contributed by atoms with Gasteiger partial charge in [-0.15, -0.1) is 0 Å². The zero-order chi connectivity index (χ0) is 33.5. The minimum Gasteiger partial charge on any atom is -0.310 e. The van der Waals surface area contributed by atoms with Gasteiger partial charge >= 0.3 is 0 Å². The van der Waals surface area contributed by atoms with E-state index in [1.165, 1.54) is 93.3 Å². The largest absolute Gasteiger partial charge is 0.310 e. The summed E-state index contributed by atoms with van der Waals surface area (Å²) in [4.78, 5) is 2.46. The van der Waals surface area contributed by atoms with E-state index < -0.39 is 0 Å². The molecule has 0 aromatic heterocycles. The van der Waals surface area contributed by atoms with E-state index >= 15 is 0 Å². The highest BCUT2D eigenvalue weighted by Gasteiger charge is 2.61. The fourth-order valence-corrected chi connectivity index (χ4v) is 11.3. The molecule has 0 unspecified atom stereocenters. The maximum atomic E-state index is 2.54. The Kier molecular flexibility index (Phi) is 6.50. The maximum absolute atomic E-state index is 2.54. The fourth-order valence-electron chi connectivity index (χ4n) is 11.3. The van der Waals surface area contributed by atoms with Crippen LogP contribution in [0.4, 0.5) is 17.1 Å². The monoisotopic (exact) mass is 655 g/mol. The summed E-state index contributed by atoms with van der Waals surface area (Å²) in [5.41, 5.74) is 14.8. The third-order valence-electron chi connectivity index (χ3n) is 13.2. The second kappa shape index (κ2) is 11.3. The molecule has 0 aliphatic heterocycles. The molecule has 0 amide bonds. The molecule has 246 valence electrons. The molecule has 0 heterocycles. The second-order valence-corrected chi connectivity index (χ2v) is 15.8. The zero-order valence-corrected chi connectivity index (χ0v) is 28.9. The van der Waals surface area contributed by atoms with E-state index in [-0.39, 0.29) is 5.41 Å². The molecule has 4 bridgehead atoms. The van der Waals surface area contributed by atoms with Crippen LogP contribution >= 0.6 is 0 Å². The minimum atomic E-state index is 0.182. The number of fused-ring (bicyclic) bond motifs is 4. The number of benzene rings is 7. The molecule has 51 heavy (non-hydrogen) atoms. The standard InChI is InChI=1S/C50H41N/c1-2-8-35(9-3-1)37-16-20-43(21-17-37)51(44-22-18-38(19-23-44)40-15-14-36-10-4-5-11-39(36)31-40)45-24-25-49-47(32-45)46-12-6-7-13-48(46)50(49)41-27-33-26-34(29-41)30-42(50)28-33/h1-25,31-34,41-42H,26-30H2. The fraction of sp³-hybridized carbons (Fsp3) is 0.200. The second-order valence-electron chi connectivity index (χ2n) is 15.8.